The van der Waals surface area contributed by atoms with Crippen LogP contribution in [0.25, 0.3) is 10.8 Å². The number of hydrogen-bond donors (Lipinski definition) is 1. The molecule has 0 unspecified atom stereocenters. The summed E-state index contributed by atoms with van der Waals surface area (Å²) in [7, 11) is -2.25. The van der Waals surface area contributed by atoms with Crippen LogP contribution in [0.15, 0.2) is 66.7 Å². The average molecular weight is 512 g/mol. The zero-order chi connectivity index (χ0) is 26.5. The van der Waals surface area contributed by atoms with Crippen molar-refractivity contribution in [3.63, 3.8) is 0 Å². The van der Waals surface area contributed by atoms with Crippen molar-refractivity contribution in [1.29, 1.82) is 0 Å². The number of rotatable bonds is 10. The molecule has 192 valence electrons. The molecule has 0 aliphatic heterocycles. The second-order valence-electron chi connectivity index (χ2n) is 8.98. The molecule has 0 aliphatic rings. The van der Waals surface area contributed by atoms with E-state index in [0.717, 1.165) is 21.5 Å². The van der Waals surface area contributed by atoms with E-state index in [1.54, 1.807) is 38.3 Å². The highest BCUT2D eigenvalue weighted by Crippen LogP contribution is 2.28. The van der Waals surface area contributed by atoms with Gasteiger partial charge in [-0.05, 0) is 49.9 Å². The molecule has 0 radical (unpaired) electrons. The minimum Gasteiger partial charge on any atom is -0.497 e. The number of fused-ring (bicyclic) bond motifs is 1. The smallest absolute Gasteiger partial charge is 0.244 e. The minimum atomic E-state index is -3.82. The maximum Gasteiger partial charge on any atom is 0.244 e. The van der Waals surface area contributed by atoms with Crippen LogP contribution in [0.3, 0.4) is 0 Å². The molecule has 0 saturated heterocycles. The summed E-state index contributed by atoms with van der Waals surface area (Å²) in [4.78, 5) is 28.0. The number of nitrogens with one attached hydrogen (secondary N) is 1. The first-order valence-electron chi connectivity index (χ1n) is 11.7. The van der Waals surface area contributed by atoms with Crippen molar-refractivity contribution in [1.82, 2.24) is 10.2 Å². The maximum atomic E-state index is 13.7. The van der Waals surface area contributed by atoms with Crippen LogP contribution < -0.4 is 14.4 Å². The van der Waals surface area contributed by atoms with Crippen LogP contribution in [0.5, 0.6) is 5.75 Å². The van der Waals surface area contributed by atoms with Crippen molar-refractivity contribution >= 4 is 38.3 Å². The molecule has 3 aromatic carbocycles. The number of sulfonamides is 1. The monoisotopic (exact) mass is 511 g/mol. The molecule has 3 rings (SSSR count). The van der Waals surface area contributed by atoms with Crippen LogP contribution >= 0.6 is 0 Å². The fourth-order valence-electron chi connectivity index (χ4n) is 3.94. The Morgan fingerprint density at radius 3 is 2.19 bits per heavy atom. The van der Waals surface area contributed by atoms with E-state index in [-0.39, 0.29) is 18.5 Å². The lowest BCUT2D eigenvalue weighted by atomic mass is 10.1. The second-order valence-corrected chi connectivity index (χ2v) is 10.9. The quantitative estimate of drug-likeness (QED) is 0.449. The molecule has 0 heterocycles. The van der Waals surface area contributed by atoms with E-state index < -0.39 is 28.5 Å². The lowest BCUT2D eigenvalue weighted by Crippen LogP contribution is -2.52. The normalized spacial score (nSPS) is 12.3. The molecule has 2 amide bonds. The summed E-state index contributed by atoms with van der Waals surface area (Å²) < 4.78 is 32.1. The van der Waals surface area contributed by atoms with E-state index in [2.05, 4.69) is 5.32 Å². The summed E-state index contributed by atoms with van der Waals surface area (Å²) in [5, 5.41) is 4.41. The summed E-state index contributed by atoms with van der Waals surface area (Å²) in [5.41, 5.74) is 1.19. The molecule has 8 nitrogen and oxygen atoms in total. The van der Waals surface area contributed by atoms with Gasteiger partial charge in [0.2, 0.25) is 21.8 Å². The van der Waals surface area contributed by atoms with Gasteiger partial charge in [0.1, 0.15) is 18.3 Å². The zero-order valence-corrected chi connectivity index (χ0v) is 22.1. The van der Waals surface area contributed by atoms with E-state index >= 15 is 0 Å². The third-order valence-corrected chi connectivity index (χ3v) is 6.95. The number of methoxy groups -OCH3 is 1. The van der Waals surface area contributed by atoms with Crippen LogP contribution in [0.4, 0.5) is 5.69 Å². The molecule has 9 heteroatoms. The molecule has 0 fully saturated rings. The van der Waals surface area contributed by atoms with Gasteiger partial charge in [0.05, 0.1) is 19.1 Å². The van der Waals surface area contributed by atoms with E-state index in [9.17, 15) is 18.0 Å². The minimum absolute atomic E-state index is 0.110. The van der Waals surface area contributed by atoms with Crippen molar-refractivity contribution in [2.45, 2.75) is 39.4 Å². The molecule has 3 aromatic rings. The number of carbonyl (C=O) groups is 2. The first-order valence-corrected chi connectivity index (χ1v) is 13.5. The Hall–Kier alpha value is -3.59. The Morgan fingerprint density at radius 2 is 1.58 bits per heavy atom. The third-order valence-electron chi connectivity index (χ3n) is 5.82. The Labute approximate surface area is 212 Å². The number of hydrogen-bond acceptors (Lipinski definition) is 5. The molecular weight excluding hydrogens is 478 g/mol. The van der Waals surface area contributed by atoms with Gasteiger partial charge in [-0.2, -0.15) is 0 Å². The summed E-state index contributed by atoms with van der Waals surface area (Å²) in [6.07, 6.45) is 1.07. The first-order chi connectivity index (χ1) is 17.0. The molecule has 0 aliphatic carbocycles. The van der Waals surface area contributed by atoms with Crippen LogP contribution in [0, 0.1) is 0 Å². The highest BCUT2D eigenvalue weighted by molar-refractivity contribution is 7.92. The van der Waals surface area contributed by atoms with Crippen LogP contribution in [-0.4, -0.2) is 57.1 Å². The number of benzene rings is 3. The number of carbonyl (C=O) groups excluding carboxylic acids is 2. The molecule has 1 atom stereocenters. The Bertz CT molecular complexity index is 1320. The van der Waals surface area contributed by atoms with Crippen molar-refractivity contribution in [2.24, 2.45) is 0 Å². The highest BCUT2D eigenvalue weighted by Gasteiger charge is 2.30. The summed E-state index contributed by atoms with van der Waals surface area (Å²) in [6.45, 7) is 5.01. The highest BCUT2D eigenvalue weighted by atomic mass is 32.2. The van der Waals surface area contributed by atoms with Crippen molar-refractivity contribution < 1.29 is 22.7 Å². The number of ether oxygens (including phenoxy) is 1. The van der Waals surface area contributed by atoms with Crippen LogP contribution in [0.1, 0.15) is 26.3 Å². The van der Waals surface area contributed by atoms with Gasteiger partial charge in [-0.25, -0.2) is 8.42 Å². The molecule has 0 bridgehead atoms. The molecule has 0 aromatic heterocycles. The summed E-state index contributed by atoms with van der Waals surface area (Å²) in [5.74, 6) is -0.139. The third kappa shape index (κ3) is 6.54. The van der Waals surface area contributed by atoms with Gasteiger partial charge in [0.15, 0.2) is 0 Å². The Balaban J connectivity index is 1.98. The predicted molar refractivity (Wildman–Crippen MR) is 142 cm³/mol. The molecule has 36 heavy (non-hydrogen) atoms. The van der Waals surface area contributed by atoms with Gasteiger partial charge in [-0.1, -0.05) is 48.5 Å². The topological polar surface area (TPSA) is 96.0 Å². The van der Waals surface area contributed by atoms with Gasteiger partial charge in [0, 0.05) is 18.0 Å². The average Bonchev–Trinajstić information content (AvgIpc) is 2.84. The SMILES string of the molecule is COc1ccc(CN(C(=O)CN(c2cccc3ccccc23)S(C)(=O)=O)[C@@H](C)C(=O)NC(C)C)cc1. The molecule has 0 spiro atoms. The van der Waals surface area contributed by atoms with Crippen LogP contribution in [-0.2, 0) is 26.2 Å². The van der Waals surface area contributed by atoms with Gasteiger partial charge in [0.25, 0.3) is 0 Å². The van der Waals surface area contributed by atoms with E-state index in [1.165, 1.54) is 4.90 Å². The van der Waals surface area contributed by atoms with Gasteiger partial charge < -0.3 is 15.0 Å². The summed E-state index contributed by atoms with van der Waals surface area (Å²) >= 11 is 0. The first kappa shape index (κ1) is 27.0. The second kappa shape index (κ2) is 11.4. The number of amides is 2. The van der Waals surface area contributed by atoms with Crippen LogP contribution in [0.2, 0.25) is 0 Å². The molecular formula is C27H33N3O5S. The lowest BCUT2D eigenvalue weighted by molar-refractivity contribution is -0.139. The zero-order valence-electron chi connectivity index (χ0n) is 21.3. The van der Waals surface area contributed by atoms with Gasteiger partial charge in [-0.15, -0.1) is 0 Å². The van der Waals surface area contributed by atoms with Crippen molar-refractivity contribution in [2.75, 3.05) is 24.2 Å². The van der Waals surface area contributed by atoms with Gasteiger partial charge in [-0.3, -0.25) is 13.9 Å². The Kier molecular flexibility index (Phi) is 8.57. The lowest BCUT2D eigenvalue weighted by Gasteiger charge is -2.32. The fourth-order valence-corrected chi connectivity index (χ4v) is 4.80. The van der Waals surface area contributed by atoms with E-state index in [4.69, 9.17) is 4.74 Å². The van der Waals surface area contributed by atoms with E-state index in [1.807, 2.05) is 56.3 Å². The predicted octanol–water partition coefficient (Wildman–Crippen LogP) is 3.56. The number of nitrogens with zero attached hydrogens (tertiary/aromatic N) is 2. The van der Waals surface area contributed by atoms with Gasteiger partial charge >= 0.3 is 0 Å². The molecule has 1 N–H and O–H groups in total. The number of anilines is 1. The Morgan fingerprint density at radius 1 is 0.944 bits per heavy atom. The maximum absolute atomic E-state index is 13.7. The standard InChI is InChI=1S/C27H33N3O5S/c1-19(2)28-27(32)20(3)29(17-21-13-15-23(35-4)16-14-21)26(31)18-30(36(5,33)34)25-12-8-10-22-9-6-7-11-24(22)25/h6-16,19-20H,17-18H2,1-5H3,(H,28,32)/t20-/m0/s1. The van der Waals surface area contributed by atoms with Crippen molar-refractivity contribution in [3.8, 4) is 5.75 Å². The summed E-state index contributed by atoms with van der Waals surface area (Å²) in [6, 6.07) is 19.0. The van der Waals surface area contributed by atoms with Crippen molar-refractivity contribution in [3.05, 3.63) is 72.3 Å². The fraction of sp³-hybridized carbons (Fsp3) is 0.333. The molecule has 0 saturated carbocycles. The largest absolute Gasteiger partial charge is 0.497 e. The van der Waals surface area contributed by atoms with E-state index in [0.29, 0.717) is 16.8 Å².